The lowest BCUT2D eigenvalue weighted by molar-refractivity contribution is -0.384. The molecule has 2 saturated heterocycles. The van der Waals surface area contributed by atoms with E-state index in [2.05, 4.69) is 16.0 Å². The van der Waals surface area contributed by atoms with Gasteiger partial charge in [0.15, 0.2) is 11.0 Å². The van der Waals surface area contributed by atoms with Gasteiger partial charge in [0.2, 0.25) is 12.3 Å². The molecule has 4 aromatic carbocycles. The molecule has 18 heteroatoms. The van der Waals surface area contributed by atoms with Crippen LogP contribution in [0.15, 0.2) is 109 Å². The van der Waals surface area contributed by atoms with E-state index in [4.69, 9.17) is 18.9 Å². The number of nitro groups is 1. The van der Waals surface area contributed by atoms with E-state index in [9.17, 15) is 38.9 Å². The molecule has 2 fully saturated rings. The second kappa shape index (κ2) is 17.5. The fourth-order valence-electron chi connectivity index (χ4n) is 6.48. The molecule has 4 atom stereocenters. The Morgan fingerprint density at radius 2 is 1.40 bits per heavy atom. The highest BCUT2D eigenvalue weighted by Gasteiger charge is 2.74. The summed E-state index contributed by atoms with van der Waals surface area (Å²) in [5, 5.41) is 18.7. The maximum atomic E-state index is 14.1. The Morgan fingerprint density at radius 1 is 0.828 bits per heavy atom. The van der Waals surface area contributed by atoms with Crippen molar-refractivity contribution in [3.63, 3.8) is 0 Å². The van der Waals surface area contributed by atoms with Crippen LogP contribution in [-0.4, -0.2) is 68.1 Å². The highest BCUT2D eigenvalue weighted by molar-refractivity contribution is 8.02. The number of hydrogen-bond donors (Lipinski definition) is 3. The average Bonchev–Trinajstić information content (AvgIpc) is 3.44. The minimum Gasteiger partial charge on any atom is -0.459 e. The molecular formula is C40H37N5O12S. The number of nitrogens with zero attached hydrogens (tertiary/aromatic N) is 2. The first-order chi connectivity index (χ1) is 27.8. The molecule has 0 saturated carbocycles. The van der Waals surface area contributed by atoms with Gasteiger partial charge in [0.25, 0.3) is 11.6 Å². The number of carbonyl (C=O) groups is 6. The Hall–Kier alpha value is -6.95. The normalized spacial score (nSPS) is 19.3. The molecule has 2 unspecified atom stereocenters. The third-order valence-electron chi connectivity index (χ3n) is 9.22. The minimum absolute atomic E-state index is 0.0330. The van der Waals surface area contributed by atoms with E-state index in [1.54, 1.807) is 62.4 Å². The summed E-state index contributed by atoms with van der Waals surface area (Å²) in [6.45, 7) is 3.01. The molecule has 0 radical (unpaired) electrons. The maximum absolute atomic E-state index is 14.1. The number of amides is 4. The number of fused-ring (bicyclic) bond motifs is 1. The van der Waals surface area contributed by atoms with E-state index in [1.807, 2.05) is 12.1 Å². The van der Waals surface area contributed by atoms with Crippen LogP contribution in [0.5, 0.6) is 5.75 Å². The van der Waals surface area contributed by atoms with Crippen LogP contribution in [0, 0.1) is 10.1 Å². The highest BCUT2D eigenvalue weighted by atomic mass is 32.2. The zero-order valence-electron chi connectivity index (χ0n) is 31.0. The molecule has 2 aliphatic heterocycles. The Kier molecular flexibility index (Phi) is 12.3. The molecule has 0 bridgehead atoms. The Balaban J connectivity index is 1.18. The summed E-state index contributed by atoms with van der Waals surface area (Å²) < 4.78 is 20.3. The number of carbonyl (C=O) groups excluding carboxylic acids is 6. The predicted octanol–water partition coefficient (Wildman–Crippen LogP) is 4.64. The number of non-ortho nitro benzene ring substituents is 1. The molecule has 0 spiro atoms. The number of β-lactam (4-membered cyclic amide) rings is 1. The topological polar surface area (TPSA) is 222 Å². The van der Waals surface area contributed by atoms with Gasteiger partial charge >= 0.3 is 18.2 Å². The van der Waals surface area contributed by atoms with E-state index in [-0.39, 0.29) is 36.8 Å². The fraction of sp³-hybridized carbons (Fsp3) is 0.250. The molecule has 4 aromatic rings. The van der Waals surface area contributed by atoms with Gasteiger partial charge in [-0.15, -0.1) is 11.8 Å². The van der Waals surface area contributed by atoms with Gasteiger partial charge in [-0.2, -0.15) is 0 Å². The second-order valence-electron chi connectivity index (χ2n) is 13.6. The second-order valence-corrected chi connectivity index (χ2v) is 15.5. The van der Waals surface area contributed by atoms with Crippen LogP contribution < -0.4 is 20.7 Å². The van der Waals surface area contributed by atoms with Gasteiger partial charge < -0.3 is 34.9 Å². The van der Waals surface area contributed by atoms with Gasteiger partial charge in [0.1, 0.15) is 37.7 Å². The zero-order chi connectivity index (χ0) is 41.5. The van der Waals surface area contributed by atoms with E-state index in [1.165, 1.54) is 53.4 Å². The first-order valence-electron chi connectivity index (χ1n) is 17.7. The first-order valence-corrected chi connectivity index (χ1v) is 18.5. The number of thioether (sulfide) groups is 1. The SMILES string of the molecule is CC1(C)SC2(NC=O)[C@H](NC(=O)C(NC(=O)OCc3ccc([N+](=O)[O-])cc3)c3ccc(OC(=O)OCc4ccccc4)cc3)C(=O)N2[C@H]1C(=O)OCc1ccccc1. The summed E-state index contributed by atoms with van der Waals surface area (Å²) in [4.78, 5) is 89.0. The smallest absolute Gasteiger partial charge is 0.459 e. The van der Waals surface area contributed by atoms with E-state index in [0.717, 1.165) is 22.9 Å². The summed E-state index contributed by atoms with van der Waals surface area (Å²) in [5.41, 5.74) is 1.89. The number of alkyl carbamates (subject to hydrolysis) is 1. The van der Waals surface area contributed by atoms with Gasteiger partial charge in [-0.05, 0) is 60.4 Å². The summed E-state index contributed by atoms with van der Waals surface area (Å²) in [5.74, 6) is -2.26. The number of nitro benzene ring substituents is 1. The van der Waals surface area contributed by atoms with E-state index < -0.39 is 62.8 Å². The molecular weight excluding hydrogens is 775 g/mol. The minimum atomic E-state index is -1.60. The van der Waals surface area contributed by atoms with Crippen molar-refractivity contribution in [2.24, 2.45) is 0 Å². The van der Waals surface area contributed by atoms with Crippen molar-refractivity contribution in [1.82, 2.24) is 20.9 Å². The van der Waals surface area contributed by atoms with Crippen molar-refractivity contribution in [3.05, 3.63) is 142 Å². The predicted molar refractivity (Wildman–Crippen MR) is 205 cm³/mol. The lowest BCUT2D eigenvalue weighted by atomic mass is 9.92. The lowest BCUT2D eigenvalue weighted by Gasteiger charge is -2.53. The average molecular weight is 812 g/mol. The number of hydrogen-bond acceptors (Lipinski definition) is 13. The molecule has 4 amide bonds. The van der Waals surface area contributed by atoms with E-state index >= 15 is 0 Å². The molecule has 2 aliphatic rings. The van der Waals surface area contributed by atoms with Gasteiger partial charge in [-0.1, -0.05) is 72.8 Å². The number of ether oxygens (including phenoxy) is 4. The largest absolute Gasteiger partial charge is 0.514 e. The Bertz CT molecular complexity index is 2170. The quantitative estimate of drug-likeness (QED) is 0.0284. The van der Waals surface area contributed by atoms with E-state index in [0.29, 0.717) is 12.0 Å². The van der Waals surface area contributed by atoms with Crippen LogP contribution in [0.2, 0.25) is 0 Å². The molecule has 58 heavy (non-hydrogen) atoms. The molecule has 17 nitrogen and oxygen atoms in total. The van der Waals surface area contributed by atoms with Gasteiger partial charge in [0.05, 0.1) is 4.92 Å². The van der Waals surface area contributed by atoms with Crippen LogP contribution >= 0.6 is 11.8 Å². The Labute approximate surface area is 335 Å². The zero-order valence-corrected chi connectivity index (χ0v) is 31.8. The highest BCUT2D eigenvalue weighted by Crippen LogP contribution is 2.57. The van der Waals surface area contributed by atoms with Crippen LogP contribution in [0.25, 0.3) is 0 Å². The van der Waals surface area contributed by atoms with Crippen LogP contribution in [-0.2, 0) is 53.2 Å². The van der Waals surface area contributed by atoms with Crippen molar-refractivity contribution >= 4 is 53.9 Å². The summed E-state index contributed by atoms with van der Waals surface area (Å²) in [7, 11) is 0. The molecule has 0 aromatic heterocycles. The number of rotatable bonds is 15. The van der Waals surface area contributed by atoms with Crippen LogP contribution in [0.1, 0.15) is 42.1 Å². The number of nitrogens with one attached hydrogen (secondary N) is 3. The maximum Gasteiger partial charge on any atom is 0.514 e. The monoisotopic (exact) mass is 811 g/mol. The number of esters is 1. The molecule has 6 rings (SSSR count). The third-order valence-corrected chi connectivity index (χ3v) is 10.8. The summed E-state index contributed by atoms with van der Waals surface area (Å²) in [6, 6.07) is 24.6. The lowest BCUT2D eigenvalue weighted by Crippen LogP contribution is -2.82. The van der Waals surface area contributed by atoms with Crippen molar-refractivity contribution in [2.75, 3.05) is 0 Å². The molecule has 300 valence electrons. The standard InChI is InChI=1S/C40H37N5O12S/c1-39(2)33(36(49)54-21-25-9-5-3-6-10-25)44-35(48)32(40(44,58-39)41-24-46)43-34(47)31(42-37(50)55-22-27-13-17-29(18-14-27)45(52)53)28-15-19-30(20-16-28)57-38(51)56-23-26-11-7-4-8-12-26/h3-20,24,31-33H,21-23H2,1-2H3,(H,41,46)(H,42,50)(H,43,47)/t31?,32-,33+,40?/m1/s1. The summed E-state index contributed by atoms with van der Waals surface area (Å²) in [6.07, 6.45) is -1.70. The molecule has 3 N–H and O–H groups in total. The molecule has 2 heterocycles. The van der Waals surface area contributed by atoms with Crippen molar-refractivity contribution < 1.29 is 52.6 Å². The van der Waals surface area contributed by atoms with Crippen molar-refractivity contribution in [1.29, 1.82) is 0 Å². The van der Waals surface area contributed by atoms with Crippen LogP contribution in [0.4, 0.5) is 15.3 Å². The third kappa shape index (κ3) is 9.02. The van der Waals surface area contributed by atoms with Crippen molar-refractivity contribution in [3.8, 4) is 5.75 Å². The van der Waals surface area contributed by atoms with Gasteiger partial charge in [0, 0.05) is 16.9 Å². The fourth-order valence-corrected chi connectivity index (χ4v) is 8.27. The number of benzene rings is 4. The molecule has 0 aliphatic carbocycles. The summed E-state index contributed by atoms with van der Waals surface area (Å²) >= 11 is 1.07. The first kappa shape index (κ1) is 40.7. The van der Waals surface area contributed by atoms with Gasteiger partial charge in [-0.25, -0.2) is 14.4 Å². The Morgan fingerprint density at radius 3 is 1.98 bits per heavy atom. The van der Waals surface area contributed by atoms with Crippen molar-refractivity contribution in [2.45, 2.75) is 61.5 Å². The van der Waals surface area contributed by atoms with Gasteiger partial charge in [-0.3, -0.25) is 29.4 Å². The van der Waals surface area contributed by atoms with Crippen LogP contribution in [0.3, 0.4) is 0 Å².